The van der Waals surface area contributed by atoms with Gasteiger partial charge in [-0.05, 0) is 61.5 Å². The lowest BCUT2D eigenvalue weighted by Gasteiger charge is -2.15. The van der Waals surface area contributed by atoms with Gasteiger partial charge in [-0.3, -0.25) is 9.36 Å². The molecule has 0 aliphatic rings. The van der Waals surface area contributed by atoms with Crippen molar-refractivity contribution >= 4 is 16.9 Å². The normalized spacial score (nSPS) is 10.9. The fourth-order valence-electron chi connectivity index (χ4n) is 3.60. The van der Waals surface area contributed by atoms with Crippen molar-refractivity contribution in [3.05, 3.63) is 88.5 Å². The molecule has 1 heterocycles. The van der Waals surface area contributed by atoms with Crippen LogP contribution in [0.2, 0.25) is 0 Å². The lowest BCUT2D eigenvalue weighted by Crippen LogP contribution is -2.25. The summed E-state index contributed by atoms with van der Waals surface area (Å²) >= 11 is 0. The van der Waals surface area contributed by atoms with Crippen LogP contribution in [-0.4, -0.2) is 35.8 Å². The Balaban J connectivity index is 1.66. The molecule has 0 atom stereocenters. The van der Waals surface area contributed by atoms with Crippen LogP contribution in [0.3, 0.4) is 0 Å². The summed E-state index contributed by atoms with van der Waals surface area (Å²) in [6.07, 6.45) is 0. The van der Waals surface area contributed by atoms with E-state index < -0.39 is 12.6 Å². The fourth-order valence-corrected chi connectivity index (χ4v) is 3.60. The van der Waals surface area contributed by atoms with E-state index >= 15 is 0 Å². The van der Waals surface area contributed by atoms with E-state index in [2.05, 4.69) is 9.72 Å². The molecular formula is C26H22F2N2O6. The van der Waals surface area contributed by atoms with E-state index in [1.165, 1.54) is 29.9 Å². The van der Waals surface area contributed by atoms with E-state index in [0.29, 0.717) is 28.9 Å². The Hall–Kier alpha value is -4.47. The number of alkyl halides is 2. The molecule has 0 saturated carbocycles. The Morgan fingerprint density at radius 2 is 1.78 bits per heavy atom. The first-order valence-electron chi connectivity index (χ1n) is 10.9. The Bertz CT molecular complexity index is 1440. The van der Waals surface area contributed by atoms with Crippen molar-refractivity contribution in [2.75, 3.05) is 13.7 Å². The molecule has 0 amide bonds. The number of esters is 1. The molecule has 4 aromatic rings. The molecule has 8 nitrogen and oxygen atoms in total. The molecule has 0 saturated heterocycles. The molecule has 0 unspecified atom stereocenters. The predicted octanol–water partition coefficient (Wildman–Crippen LogP) is 4.75. The van der Waals surface area contributed by atoms with Gasteiger partial charge in [0, 0.05) is 0 Å². The number of rotatable bonds is 9. The molecule has 0 spiro atoms. The van der Waals surface area contributed by atoms with Crippen molar-refractivity contribution in [3.8, 4) is 22.9 Å². The van der Waals surface area contributed by atoms with Crippen molar-refractivity contribution < 1.29 is 32.5 Å². The largest absolute Gasteiger partial charge is 0.494 e. The third kappa shape index (κ3) is 5.27. The first kappa shape index (κ1) is 24.6. The zero-order valence-corrected chi connectivity index (χ0v) is 19.4. The second-order valence-corrected chi connectivity index (χ2v) is 7.43. The topological polar surface area (TPSA) is 88.9 Å². The molecule has 0 bridgehead atoms. The summed E-state index contributed by atoms with van der Waals surface area (Å²) in [4.78, 5) is 30.6. The summed E-state index contributed by atoms with van der Waals surface area (Å²) in [7, 11) is 1.26. The lowest BCUT2D eigenvalue weighted by atomic mass is 10.2. The molecule has 10 heteroatoms. The molecule has 4 rings (SSSR count). The minimum Gasteiger partial charge on any atom is -0.494 e. The number of aromatic nitrogens is 2. The van der Waals surface area contributed by atoms with Gasteiger partial charge in [-0.15, -0.1) is 0 Å². The minimum absolute atomic E-state index is 0.0456. The summed E-state index contributed by atoms with van der Waals surface area (Å²) in [6.45, 7) is -1.01. The average molecular weight is 496 g/mol. The molecular weight excluding hydrogens is 474 g/mol. The quantitative estimate of drug-likeness (QED) is 0.309. The number of methoxy groups -OCH3 is 1. The van der Waals surface area contributed by atoms with E-state index in [1.54, 1.807) is 48.5 Å². The SMILES string of the molecule is CCOc1ccc(-n2c(COC(=O)c3ccc(OC(F)F)c(OC)c3)nc3ccccc3c2=O)cc1. The van der Waals surface area contributed by atoms with E-state index in [-0.39, 0.29) is 35.1 Å². The maximum absolute atomic E-state index is 13.3. The number of hydrogen-bond acceptors (Lipinski definition) is 7. The van der Waals surface area contributed by atoms with Crippen molar-refractivity contribution in [1.82, 2.24) is 9.55 Å². The van der Waals surface area contributed by atoms with Gasteiger partial charge in [-0.1, -0.05) is 12.1 Å². The molecule has 0 fully saturated rings. The zero-order valence-electron chi connectivity index (χ0n) is 19.4. The molecule has 36 heavy (non-hydrogen) atoms. The fraction of sp³-hybridized carbons (Fsp3) is 0.192. The highest BCUT2D eigenvalue weighted by Crippen LogP contribution is 2.30. The molecule has 186 valence electrons. The Labute approximate surface area is 204 Å². The Morgan fingerprint density at radius 1 is 1.03 bits per heavy atom. The number of halogens is 2. The van der Waals surface area contributed by atoms with Gasteiger partial charge in [0.1, 0.15) is 12.4 Å². The summed E-state index contributed by atoms with van der Waals surface area (Å²) in [5, 5.41) is 0.404. The van der Waals surface area contributed by atoms with Crippen molar-refractivity contribution in [1.29, 1.82) is 0 Å². The van der Waals surface area contributed by atoms with Gasteiger partial charge in [-0.25, -0.2) is 9.78 Å². The van der Waals surface area contributed by atoms with Crippen LogP contribution in [0.15, 0.2) is 71.5 Å². The minimum atomic E-state index is -3.05. The van der Waals surface area contributed by atoms with E-state index in [4.69, 9.17) is 14.2 Å². The van der Waals surface area contributed by atoms with Crippen molar-refractivity contribution in [2.24, 2.45) is 0 Å². The van der Waals surface area contributed by atoms with Gasteiger partial charge < -0.3 is 18.9 Å². The highest BCUT2D eigenvalue weighted by atomic mass is 19.3. The summed E-state index contributed by atoms with van der Waals surface area (Å²) < 4.78 is 46.8. The number of para-hydroxylation sites is 1. The van der Waals surface area contributed by atoms with E-state index in [0.717, 1.165) is 0 Å². The molecule has 0 radical (unpaired) electrons. The van der Waals surface area contributed by atoms with Crippen LogP contribution in [0.4, 0.5) is 8.78 Å². The number of carbonyl (C=O) groups excluding carboxylic acids is 1. The molecule has 0 aliphatic carbocycles. The second kappa shape index (κ2) is 10.9. The van der Waals surface area contributed by atoms with Gasteiger partial charge in [0.25, 0.3) is 5.56 Å². The number of hydrogen-bond donors (Lipinski definition) is 0. The lowest BCUT2D eigenvalue weighted by molar-refractivity contribution is -0.0512. The monoisotopic (exact) mass is 496 g/mol. The van der Waals surface area contributed by atoms with Gasteiger partial charge in [0.05, 0.1) is 35.9 Å². The number of benzene rings is 3. The number of nitrogens with zero attached hydrogens (tertiary/aromatic N) is 2. The first-order chi connectivity index (χ1) is 17.4. The zero-order chi connectivity index (χ0) is 25.7. The highest BCUT2D eigenvalue weighted by molar-refractivity contribution is 5.90. The van der Waals surface area contributed by atoms with Crippen LogP contribution in [0.5, 0.6) is 17.2 Å². The van der Waals surface area contributed by atoms with Crippen LogP contribution >= 0.6 is 0 Å². The molecule has 0 N–H and O–H groups in total. The second-order valence-electron chi connectivity index (χ2n) is 7.43. The van der Waals surface area contributed by atoms with Gasteiger partial charge >= 0.3 is 12.6 Å². The smallest absolute Gasteiger partial charge is 0.387 e. The van der Waals surface area contributed by atoms with Gasteiger partial charge in [-0.2, -0.15) is 8.78 Å². The third-order valence-electron chi connectivity index (χ3n) is 5.20. The maximum atomic E-state index is 13.3. The van der Waals surface area contributed by atoms with Gasteiger partial charge in [0.15, 0.2) is 17.3 Å². The van der Waals surface area contributed by atoms with Crippen LogP contribution in [0, 0.1) is 0 Å². The number of fused-ring (bicyclic) bond motifs is 1. The van der Waals surface area contributed by atoms with Gasteiger partial charge in [0.2, 0.25) is 0 Å². The van der Waals surface area contributed by atoms with Crippen molar-refractivity contribution in [3.63, 3.8) is 0 Å². The average Bonchev–Trinajstić information content (AvgIpc) is 2.88. The maximum Gasteiger partial charge on any atom is 0.387 e. The van der Waals surface area contributed by atoms with Crippen LogP contribution in [-0.2, 0) is 11.3 Å². The van der Waals surface area contributed by atoms with E-state index in [9.17, 15) is 18.4 Å². The molecule has 3 aromatic carbocycles. The van der Waals surface area contributed by atoms with Crippen LogP contribution in [0.25, 0.3) is 16.6 Å². The van der Waals surface area contributed by atoms with Crippen LogP contribution < -0.4 is 19.8 Å². The standard InChI is InChI=1S/C26H22F2N2O6/c1-3-34-18-11-9-17(10-12-18)30-23(29-20-7-5-4-6-19(20)24(30)31)15-35-25(32)16-8-13-21(36-26(27)28)22(14-16)33-2/h4-14,26H,3,15H2,1-2H3. The number of ether oxygens (including phenoxy) is 4. The number of carbonyl (C=O) groups is 1. The molecule has 0 aliphatic heterocycles. The Morgan fingerprint density at radius 3 is 2.47 bits per heavy atom. The highest BCUT2D eigenvalue weighted by Gasteiger charge is 2.18. The third-order valence-corrected chi connectivity index (χ3v) is 5.20. The van der Waals surface area contributed by atoms with Crippen LogP contribution in [0.1, 0.15) is 23.1 Å². The summed E-state index contributed by atoms with van der Waals surface area (Å²) in [5.41, 5.74) is 0.684. The Kier molecular flexibility index (Phi) is 7.43. The summed E-state index contributed by atoms with van der Waals surface area (Å²) in [6, 6.07) is 17.4. The van der Waals surface area contributed by atoms with E-state index in [1.807, 2.05) is 6.92 Å². The molecule has 1 aromatic heterocycles. The first-order valence-corrected chi connectivity index (χ1v) is 10.9. The summed E-state index contributed by atoms with van der Waals surface area (Å²) in [5.74, 6) is -0.202. The van der Waals surface area contributed by atoms with Crippen molar-refractivity contribution in [2.45, 2.75) is 20.1 Å². The predicted molar refractivity (Wildman–Crippen MR) is 127 cm³/mol.